The first-order valence-electron chi connectivity index (χ1n) is 2.82. The Morgan fingerprint density at radius 1 is 1.33 bits per heavy atom. The fraction of sp³-hybridized carbons (Fsp3) is 1.00. The van der Waals surface area contributed by atoms with Crippen LogP contribution in [-0.4, -0.2) is 32.5 Å². The van der Waals surface area contributed by atoms with Gasteiger partial charge in [0.1, 0.15) is 6.61 Å². The van der Waals surface area contributed by atoms with E-state index in [1.54, 1.807) is 0 Å². The molecule has 0 bridgehead atoms. The van der Waals surface area contributed by atoms with Crippen LogP contribution in [0.4, 0.5) is 0 Å². The third-order valence-corrected chi connectivity index (χ3v) is 0.881. The minimum absolute atomic E-state index is 0.417. The fourth-order valence-corrected chi connectivity index (χ4v) is 0.0577. The summed E-state index contributed by atoms with van der Waals surface area (Å²) in [4.78, 5) is 17.8. The molecule has 0 rings (SSSR count). The van der Waals surface area contributed by atoms with Gasteiger partial charge in [-0.2, -0.15) is 0 Å². The number of hydrogen-bond donors (Lipinski definition) is 2. The van der Waals surface area contributed by atoms with E-state index in [-0.39, 0.29) is 0 Å². The smallest absolute Gasteiger partial charge is 0.291 e. The maximum Gasteiger partial charge on any atom is 0.291 e. The molecule has 0 radical (unpaired) electrons. The van der Waals surface area contributed by atoms with Crippen LogP contribution in [0.1, 0.15) is 13.8 Å². The van der Waals surface area contributed by atoms with Gasteiger partial charge in [0.2, 0.25) is 5.54 Å². The molecule has 8 nitrogen and oxygen atoms in total. The molecular weight excluding hydrogens is 172 g/mol. The Kier molecular flexibility index (Phi) is 5.75. The molecule has 0 fully saturated rings. The molecule has 0 unspecified atom stereocenters. The van der Waals surface area contributed by atoms with Crippen LogP contribution < -0.4 is 0 Å². The second-order valence-electron chi connectivity index (χ2n) is 2.47. The van der Waals surface area contributed by atoms with Crippen LogP contribution in [0.15, 0.2) is 0 Å². The molecule has 12 heavy (non-hydrogen) atoms. The normalized spacial score (nSPS) is 9.58. The van der Waals surface area contributed by atoms with Crippen LogP contribution in [0, 0.1) is 20.2 Å². The Hall–Kier alpha value is -1.44. The van der Waals surface area contributed by atoms with Crippen molar-refractivity contribution in [3.8, 4) is 0 Å². The summed E-state index contributed by atoms with van der Waals surface area (Å²) < 4.78 is 0. The molecular formula is C4H10N2O6. The van der Waals surface area contributed by atoms with Crippen LogP contribution in [0.2, 0.25) is 0 Å². The summed E-state index contributed by atoms with van der Waals surface area (Å²) in [7, 11) is 0. The lowest BCUT2D eigenvalue weighted by atomic mass is 10.1. The van der Waals surface area contributed by atoms with Gasteiger partial charge in [-0.1, -0.05) is 0 Å². The molecule has 0 atom stereocenters. The van der Waals surface area contributed by atoms with Crippen molar-refractivity contribution in [2.24, 2.45) is 0 Å². The van der Waals surface area contributed by atoms with Crippen LogP contribution >= 0.6 is 0 Å². The highest BCUT2D eigenvalue weighted by Gasteiger charge is 2.28. The van der Waals surface area contributed by atoms with Gasteiger partial charge in [0.25, 0.3) is 5.09 Å². The fourth-order valence-electron chi connectivity index (χ4n) is 0.0577. The summed E-state index contributed by atoms with van der Waals surface area (Å²) in [6, 6.07) is 0. The number of aliphatic hydroxyl groups is 1. The Bertz CT molecular complexity index is 163. The highest BCUT2D eigenvalue weighted by molar-refractivity contribution is 4.62. The van der Waals surface area contributed by atoms with Crippen molar-refractivity contribution in [1.29, 1.82) is 0 Å². The summed E-state index contributed by atoms with van der Waals surface area (Å²) in [5.74, 6) is 0. The van der Waals surface area contributed by atoms with Gasteiger partial charge in [-0.05, 0) is 0 Å². The Balaban J connectivity index is 0. The van der Waals surface area contributed by atoms with Gasteiger partial charge in [0, 0.05) is 18.8 Å². The zero-order valence-electron chi connectivity index (χ0n) is 6.63. The highest BCUT2D eigenvalue weighted by Crippen LogP contribution is 2.03. The predicted molar refractivity (Wildman–Crippen MR) is 36.9 cm³/mol. The van der Waals surface area contributed by atoms with Crippen molar-refractivity contribution in [3.05, 3.63) is 20.2 Å². The molecule has 0 aliphatic heterocycles. The first kappa shape index (κ1) is 13.2. The van der Waals surface area contributed by atoms with Crippen LogP contribution in [0.25, 0.3) is 0 Å². The maximum atomic E-state index is 9.90. The molecule has 0 aromatic heterocycles. The number of nitro groups is 1. The standard InChI is InChI=1S/C4H9NO3.HNO3/c1-4(2,3-6)5(7)8;2-1(3)4/h6H,3H2,1-2H3;(H,2,3,4). The van der Waals surface area contributed by atoms with Crippen LogP contribution in [0.5, 0.6) is 0 Å². The molecule has 2 N–H and O–H groups in total. The lowest BCUT2D eigenvalue weighted by Gasteiger charge is -2.09. The second kappa shape index (κ2) is 5.24. The van der Waals surface area contributed by atoms with E-state index >= 15 is 0 Å². The van der Waals surface area contributed by atoms with Crippen molar-refractivity contribution in [1.82, 2.24) is 0 Å². The molecule has 0 saturated heterocycles. The van der Waals surface area contributed by atoms with Gasteiger partial charge >= 0.3 is 0 Å². The van der Waals surface area contributed by atoms with Gasteiger partial charge in [-0.15, -0.1) is 10.1 Å². The predicted octanol–water partition coefficient (Wildman–Crippen LogP) is -0.314. The summed E-state index contributed by atoms with van der Waals surface area (Å²) >= 11 is 0. The van der Waals surface area contributed by atoms with Crippen LogP contribution in [-0.2, 0) is 0 Å². The third-order valence-electron chi connectivity index (χ3n) is 0.881. The largest absolute Gasteiger partial charge is 0.389 e. The molecule has 0 heterocycles. The van der Waals surface area contributed by atoms with E-state index in [1.165, 1.54) is 13.8 Å². The molecule has 72 valence electrons. The van der Waals surface area contributed by atoms with Crippen molar-refractivity contribution < 1.29 is 20.3 Å². The Labute approximate surface area is 67.7 Å². The maximum absolute atomic E-state index is 9.90. The topological polar surface area (TPSA) is 127 Å². The summed E-state index contributed by atoms with van der Waals surface area (Å²) in [6.45, 7) is 2.32. The first-order valence-corrected chi connectivity index (χ1v) is 2.82. The number of hydrogen-bond acceptors (Lipinski definition) is 5. The van der Waals surface area contributed by atoms with E-state index in [0.29, 0.717) is 0 Å². The van der Waals surface area contributed by atoms with Crippen molar-refractivity contribution in [2.45, 2.75) is 19.4 Å². The zero-order chi connectivity index (χ0) is 10.4. The van der Waals surface area contributed by atoms with Gasteiger partial charge in [-0.25, -0.2) is 0 Å². The second-order valence-corrected chi connectivity index (χ2v) is 2.47. The van der Waals surface area contributed by atoms with E-state index in [0.717, 1.165) is 0 Å². The Morgan fingerprint density at radius 2 is 1.58 bits per heavy atom. The van der Waals surface area contributed by atoms with Gasteiger partial charge in [0.15, 0.2) is 0 Å². The molecule has 0 aliphatic carbocycles. The first-order chi connectivity index (χ1) is 5.24. The summed E-state index contributed by atoms with van der Waals surface area (Å²) in [6.07, 6.45) is 0. The summed E-state index contributed by atoms with van der Waals surface area (Å²) in [5, 5.41) is 31.9. The Morgan fingerprint density at radius 3 is 1.58 bits per heavy atom. The molecule has 0 aromatic rings. The minimum Gasteiger partial charge on any atom is -0.389 e. The number of aliphatic hydroxyl groups excluding tert-OH is 1. The van der Waals surface area contributed by atoms with Gasteiger partial charge in [0.05, 0.1) is 0 Å². The number of rotatable bonds is 2. The lowest BCUT2D eigenvalue weighted by molar-refractivity contribution is -0.742. The lowest BCUT2D eigenvalue weighted by Crippen LogP contribution is -2.34. The SMILES string of the molecule is CC(C)(CO)[N+](=O)[O-].O=[N+]([O-])O. The highest BCUT2D eigenvalue weighted by atomic mass is 16.9. The quantitative estimate of drug-likeness (QED) is 0.445. The molecule has 0 amide bonds. The van der Waals surface area contributed by atoms with Crippen LogP contribution in [0.3, 0.4) is 0 Å². The average molecular weight is 182 g/mol. The summed E-state index contributed by atoms with van der Waals surface area (Å²) in [5.41, 5.74) is -1.18. The molecule has 8 heteroatoms. The molecule has 0 saturated carbocycles. The monoisotopic (exact) mass is 182 g/mol. The van der Waals surface area contributed by atoms with Gasteiger partial charge < -0.3 is 10.3 Å². The number of nitrogens with zero attached hydrogens (tertiary/aromatic N) is 2. The van der Waals surface area contributed by atoms with Crippen molar-refractivity contribution in [3.63, 3.8) is 0 Å². The molecule has 0 spiro atoms. The van der Waals surface area contributed by atoms with E-state index in [1.807, 2.05) is 0 Å². The van der Waals surface area contributed by atoms with E-state index < -0.39 is 22.2 Å². The van der Waals surface area contributed by atoms with E-state index in [2.05, 4.69) is 0 Å². The van der Waals surface area contributed by atoms with Crippen molar-refractivity contribution in [2.75, 3.05) is 6.61 Å². The van der Waals surface area contributed by atoms with E-state index in [9.17, 15) is 10.1 Å². The van der Waals surface area contributed by atoms with Crippen molar-refractivity contribution >= 4 is 0 Å². The average Bonchev–Trinajstić information content (AvgIpc) is 1.86. The molecule has 0 aromatic carbocycles. The van der Waals surface area contributed by atoms with E-state index in [4.69, 9.17) is 20.4 Å². The third kappa shape index (κ3) is 8.56. The zero-order valence-corrected chi connectivity index (χ0v) is 6.63. The minimum atomic E-state index is -1.50. The molecule has 0 aliphatic rings. The van der Waals surface area contributed by atoms with Gasteiger partial charge in [-0.3, -0.25) is 10.1 Å².